The molecule has 1 amide bonds. The van der Waals surface area contributed by atoms with Crippen molar-refractivity contribution in [2.24, 2.45) is 0 Å². The first-order valence-electron chi connectivity index (χ1n) is 5.66. The highest BCUT2D eigenvalue weighted by Crippen LogP contribution is 2.27. The number of hydrogen-bond acceptors (Lipinski definition) is 3. The molecule has 1 aliphatic heterocycles. The molecule has 5 heteroatoms. The number of carbonyl (C=O) groups is 2. The summed E-state index contributed by atoms with van der Waals surface area (Å²) in [5.41, 5.74) is 0. The second-order valence-corrected chi connectivity index (χ2v) is 5.62. The van der Waals surface area contributed by atoms with Crippen LogP contribution >= 0.6 is 11.8 Å². The van der Waals surface area contributed by atoms with Gasteiger partial charge in [-0.2, -0.15) is 0 Å². The van der Waals surface area contributed by atoms with E-state index in [1.807, 2.05) is 13.8 Å². The minimum absolute atomic E-state index is 0.0119. The fourth-order valence-corrected chi connectivity index (χ4v) is 3.05. The summed E-state index contributed by atoms with van der Waals surface area (Å²) in [6.07, 6.45) is 3.11. The fraction of sp³-hybridized carbons (Fsp3) is 0.818. The van der Waals surface area contributed by atoms with E-state index in [-0.39, 0.29) is 23.7 Å². The van der Waals surface area contributed by atoms with Crippen molar-refractivity contribution in [1.29, 1.82) is 0 Å². The van der Waals surface area contributed by atoms with Crippen LogP contribution in [0.5, 0.6) is 0 Å². The third kappa shape index (κ3) is 3.70. The summed E-state index contributed by atoms with van der Waals surface area (Å²) in [7, 11) is 0. The van der Waals surface area contributed by atoms with E-state index < -0.39 is 5.97 Å². The zero-order valence-corrected chi connectivity index (χ0v) is 10.6. The van der Waals surface area contributed by atoms with Gasteiger partial charge in [0.05, 0.1) is 5.25 Å². The van der Waals surface area contributed by atoms with Crippen LogP contribution in [-0.2, 0) is 9.59 Å². The first-order chi connectivity index (χ1) is 7.52. The van der Waals surface area contributed by atoms with E-state index in [2.05, 4.69) is 0 Å². The van der Waals surface area contributed by atoms with Crippen molar-refractivity contribution in [2.45, 2.75) is 44.4 Å². The molecular formula is C11H19NO3S. The van der Waals surface area contributed by atoms with Gasteiger partial charge in [-0.05, 0) is 32.4 Å². The summed E-state index contributed by atoms with van der Waals surface area (Å²) in [4.78, 5) is 24.3. The molecule has 0 aromatic carbocycles. The van der Waals surface area contributed by atoms with Crippen LogP contribution in [0.3, 0.4) is 0 Å². The first kappa shape index (κ1) is 13.4. The van der Waals surface area contributed by atoms with Gasteiger partial charge in [-0.3, -0.25) is 9.59 Å². The molecule has 0 spiro atoms. The molecule has 1 unspecified atom stereocenters. The molecule has 0 saturated carbocycles. The number of amides is 1. The molecule has 1 fully saturated rings. The summed E-state index contributed by atoms with van der Waals surface area (Å²) in [5.74, 6) is 0.0556. The highest BCUT2D eigenvalue weighted by Gasteiger charge is 2.29. The van der Waals surface area contributed by atoms with Crippen molar-refractivity contribution in [3.63, 3.8) is 0 Å². The Balaban J connectivity index is 2.61. The number of aliphatic carboxylic acids is 1. The minimum Gasteiger partial charge on any atom is -0.480 e. The normalized spacial score (nSPS) is 20.8. The second-order valence-electron chi connectivity index (χ2n) is 4.31. The van der Waals surface area contributed by atoms with Gasteiger partial charge in [0.15, 0.2) is 0 Å². The summed E-state index contributed by atoms with van der Waals surface area (Å²) in [5, 5.41) is 8.75. The van der Waals surface area contributed by atoms with E-state index in [1.54, 1.807) is 11.8 Å². The Bertz CT molecular complexity index is 262. The van der Waals surface area contributed by atoms with Gasteiger partial charge in [0.2, 0.25) is 5.91 Å². The van der Waals surface area contributed by atoms with Crippen LogP contribution < -0.4 is 0 Å². The van der Waals surface area contributed by atoms with Gasteiger partial charge in [0, 0.05) is 6.04 Å². The van der Waals surface area contributed by atoms with E-state index in [9.17, 15) is 9.59 Å². The zero-order valence-electron chi connectivity index (χ0n) is 9.81. The second kappa shape index (κ2) is 6.13. The van der Waals surface area contributed by atoms with Gasteiger partial charge in [0.1, 0.15) is 6.54 Å². The molecule has 1 aliphatic rings. The smallest absolute Gasteiger partial charge is 0.323 e. The largest absolute Gasteiger partial charge is 0.480 e. The lowest BCUT2D eigenvalue weighted by molar-refractivity contribution is -0.145. The van der Waals surface area contributed by atoms with Crippen LogP contribution in [-0.4, -0.2) is 45.5 Å². The molecule has 1 rings (SSSR count). The number of carboxylic acids is 1. The molecule has 0 aromatic rings. The quantitative estimate of drug-likeness (QED) is 0.817. The topological polar surface area (TPSA) is 57.6 Å². The molecule has 1 heterocycles. The number of rotatable bonds is 4. The predicted molar refractivity (Wildman–Crippen MR) is 64.6 cm³/mol. The predicted octanol–water partition coefficient (Wildman–Crippen LogP) is 1.59. The molecule has 1 atom stereocenters. The van der Waals surface area contributed by atoms with Crippen molar-refractivity contribution in [3.05, 3.63) is 0 Å². The van der Waals surface area contributed by atoms with Gasteiger partial charge in [-0.25, -0.2) is 0 Å². The highest BCUT2D eigenvalue weighted by atomic mass is 32.2. The van der Waals surface area contributed by atoms with Crippen molar-refractivity contribution in [3.8, 4) is 0 Å². The monoisotopic (exact) mass is 245 g/mol. The van der Waals surface area contributed by atoms with Crippen molar-refractivity contribution < 1.29 is 14.7 Å². The molecule has 92 valence electrons. The Labute approximate surface area is 100 Å². The Hall–Kier alpha value is -0.710. The maximum atomic E-state index is 12.1. The Morgan fingerprint density at radius 1 is 1.44 bits per heavy atom. The maximum Gasteiger partial charge on any atom is 0.323 e. The highest BCUT2D eigenvalue weighted by molar-refractivity contribution is 8.00. The number of thioether (sulfide) groups is 1. The lowest BCUT2D eigenvalue weighted by Gasteiger charge is -2.30. The summed E-state index contributed by atoms with van der Waals surface area (Å²) in [6.45, 7) is 3.52. The molecule has 4 nitrogen and oxygen atoms in total. The minimum atomic E-state index is -0.942. The van der Waals surface area contributed by atoms with E-state index in [4.69, 9.17) is 5.11 Å². The number of nitrogens with zero attached hydrogens (tertiary/aromatic N) is 1. The third-order valence-electron chi connectivity index (χ3n) is 2.67. The van der Waals surface area contributed by atoms with Gasteiger partial charge < -0.3 is 10.0 Å². The van der Waals surface area contributed by atoms with Crippen LogP contribution in [0.2, 0.25) is 0 Å². The average molecular weight is 245 g/mol. The zero-order chi connectivity index (χ0) is 12.1. The molecular weight excluding hydrogens is 226 g/mol. The van der Waals surface area contributed by atoms with Gasteiger partial charge in [0.25, 0.3) is 0 Å². The number of hydrogen-bond donors (Lipinski definition) is 1. The molecule has 0 aromatic heterocycles. The molecule has 1 N–H and O–H groups in total. The summed E-state index contributed by atoms with van der Waals surface area (Å²) >= 11 is 1.66. The average Bonchev–Trinajstić information content (AvgIpc) is 2.25. The molecule has 0 radical (unpaired) electrons. The summed E-state index contributed by atoms with van der Waals surface area (Å²) in [6, 6.07) is -0.0499. The van der Waals surface area contributed by atoms with Crippen molar-refractivity contribution >= 4 is 23.6 Å². The van der Waals surface area contributed by atoms with Crippen LogP contribution in [0.25, 0.3) is 0 Å². The van der Waals surface area contributed by atoms with Crippen LogP contribution in [0.4, 0.5) is 0 Å². The van der Waals surface area contributed by atoms with Crippen molar-refractivity contribution in [1.82, 2.24) is 4.90 Å². The van der Waals surface area contributed by atoms with Crippen molar-refractivity contribution in [2.75, 3.05) is 12.3 Å². The molecule has 1 saturated heterocycles. The Kier molecular flexibility index (Phi) is 5.12. The lowest BCUT2D eigenvalue weighted by Crippen LogP contribution is -2.45. The number of carbonyl (C=O) groups excluding carboxylic acids is 1. The Morgan fingerprint density at radius 3 is 2.56 bits per heavy atom. The van der Waals surface area contributed by atoms with Crippen LogP contribution in [0, 0.1) is 0 Å². The van der Waals surface area contributed by atoms with Crippen LogP contribution in [0.1, 0.15) is 33.1 Å². The van der Waals surface area contributed by atoms with E-state index >= 15 is 0 Å². The van der Waals surface area contributed by atoms with Gasteiger partial charge >= 0.3 is 5.97 Å². The van der Waals surface area contributed by atoms with E-state index in [1.165, 1.54) is 4.90 Å². The first-order valence-corrected chi connectivity index (χ1v) is 6.71. The maximum absolute atomic E-state index is 12.1. The summed E-state index contributed by atoms with van der Waals surface area (Å²) < 4.78 is 0. The standard InChI is InChI=1S/C11H19NO3S/c1-8(2)12(7-10(13)14)11(15)9-5-3-4-6-16-9/h8-9H,3-7H2,1-2H3,(H,13,14). The van der Waals surface area contributed by atoms with E-state index in [0.717, 1.165) is 25.0 Å². The van der Waals surface area contributed by atoms with Crippen LogP contribution in [0.15, 0.2) is 0 Å². The molecule has 0 aliphatic carbocycles. The number of carboxylic acid groups (broad SMARTS) is 1. The van der Waals surface area contributed by atoms with Gasteiger partial charge in [-0.15, -0.1) is 11.8 Å². The van der Waals surface area contributed by atoms with Gasteiger partial charge in [-0.1, -0.05) is 6.42 Å². The Morgan fingerprint density at radius 2 is 2.12 bits per heavy atom. The third-order valence-corrected chi connectivity index (χ3v) is 4.03. The molecule has 16 heavy (non-hydrogen) atoms. The molecule has 0 bridgehead atoms. The SMILES string of the molecule is CC(C)N(CC(=O)O)C(=O)C1CCCCS1. The lowest BCUT2D eigenvalue weighted by atomic mass is 10.1. The fourth-order valence-electron chi connectivity index (χ4n) is 1.78. The van der Waals surface area contributed by atoms with E-state index in [0.29, 0.717) is 0 Å².